The zero-order chi connectivity index (χ0) is 20.6. The first kappa shape index (κ1) is 19.6. The number of hydrogen-bond acceptors (Lipinski definition) is 7. The highest BCUT2D eigenvalue weighted by Gasteiger charge is 2.30. The van der Waals surface area contributed by atoms with Crippen LogP contribution in [0.5, 0.6) is 0 Å². The maximum Gasteiger partial charge on any atom is 0.258 e. The molecule has 7 heteroatoms. The average molecular weight is 394 g/mol. The van der Waals surface area contributed by atoms with Crippen LogP contribution >= 0.6 is 0 Å². The van der Waals surface area contributed by atoms with Crippen molar-refractivity contribution >= 4 is 5.69 Å². The van der Waals surface area contributed by atoms with Crippen molar-refractivity contribution in [3.63, 3.8) is 0 Å². The minimum absolute atomic E-state index is 0.266. The molecule has 4 N–H and O–H groups in total. The Labute approximate surface area is 169 Å². The van der Waals surface area contributed by atoms with Gasteiger partial charge in [0.1, 0.15) is 0 Å². The van der Waals surface area contributed by atoms with Crippen molar-refractivity contribution in [2.75, 3.05) is 31.2 Å². The number of rotatable bonds is 6. The molecule has 0 radical (unpaired) electrons. The van der Waals surface area contributed by atoms with Gasteiger partial charge in [0.2, 0.25) is 5.82 Å². The van der Waals surface area contributed by atoms with Crippen molar-refractivity contribution in [2.24, 2.45) is 5.73 Å². The lowest BCUT2D eigenvalue weighted by Gasteiger charge is -2.31. The van der Waals surface area contributed by atoms with Crippen LogP contribution in [0, 0.1) is 13.8 Å². The summed E-state index contributed by atoms with van der Waals surface area (Å²) in [5.41, 5.74) is 11.5. The second kappa shape index (κ2) is 7.59. The number of fused-ring (bicyclic) bond motifs is 1. The molecule has 0 spiro atoms. The maximum atomic E-state index is 9.48. The van der Waals surface area contributed by atoms with Crippen LogP contribution in [0.3, 0.4) is 0 Å². The number of nitrogens with zero attached hydrogens (tertiary/aromatic N) is 3. The van der Waals surface area contributed by atoms with Crippen LogP contribution in [0.1, 0.15) is 16.7 Å². The molecule has 1 aromatic heterocycles. The smallest absolute Gasteiger partial charge is 0.258 e. The van der Waals surface area contributed by atoms with Gasteiger partial charge in [-0.2, -0.15) is 4.98 Å². The van der Waals surface area contributed by atoms with Gasteiger partial charge in [0, 0.05) is 29.9 Å². The normalized spacial score (nSPS) is 13.8. The summed E-state index contributed by atoms with van der Waals surface area (Å²) in [6.45, 7) is 4.78. The third kappa shape index (κ3) is 3.76. The van der Waals surface area contributed by atoms with E-state index >= 15 is 0 Å². The summed E-state index contributed by atoms with van der Waals surface area (Å²) < 4.78 is 5.49. The molecule has 0 bridgehead atoms. The van der Waals surface area contributed by atoms with E-state index in [2.05, 4.69) is 47.1 Å². The van der Waals surface area contributed by atoms with Crippen LogP contribution in [0.2, 0.25) is 0 Å². The molecule has 3 aromatic rings. The molecule has 29 heavy (non-hydrogen) atoms. The SMILES string of the molecule is Cc1ccc(-c2nc(-c3ccc4c(c3)CCN4CC(N)(CO)CO)no2)cc1C. The van der Waals surface area contributed by atoms with Gasteiger partial charge in [-0.25, -0.2) is 0 Å². The summed E-state index contributed by atoms with van der Waals surface area (Å²) in [5, 5.41) is 23.1. The lowest BCUT2D eigenvalue weighted by Crippen LogP contribution is -2.55. The standard InChI is InChI=1S/C22H26N4O3/c1-14-3-4-18(9-15(14)2)21-24-20(25-29-21)17-5-6-19-16(10-17)7-8-26(19)11-22(23,12-27)13-28/h3-6,9-10,27-28H,7-8,11-13,23H2,1-2H3. The van der Waals surface area contributed by atoms with Gasteiger partial charge in [-0.1, -0.05) is 11.2 Å². The first-order chi connectivity index (χ1) is 13.9. The second-order valence-electron chi connectivity index (χ2n) is 7.92. The largest absolute Gasteiger partial charge is 0.394 e. The third-order valence-corrected chi connectivity index (χ3v) is 5.64. The summed E-state index contributed by atoms with van der Waals surface area (Å²) >= 11 is 0. The Balaban J connectivity index is 1.57. The fourth-order valence-corrected chi connectivity index (χ4v) is 3.64. The molecule has 0 saturated heterocycles. The van der Waals surface area contributed by atoms with E-state index in [0.717, 1.165) is 29.8 Å². The van der Waals surface area contributed by atoms with Crippen LogP contribution in [-0.4, -0.2) is 52.2 Å². The predicted molar refractivity (Wildman–Crippen MR) is 112 cm³/mol. The highest BCUT2D eigenvalue weighted by molar-refractivity contribution is 5.68. The molecule has 2 heterocycles. The minimum atomic E-state index is -1.02. The first-order valence-corrected chi connectivity index (χ1v) is 9.72. The second-order valence-corrected chi connectivity index (χ2v) is 7.92. The molecule has 4 rings (SSSR count). The molecular formula is C22H26N4O3. The zero-order valence-corrected chi connectivity index (χ0v) is 16.7. The van der Waals surface area contributed by atoms with Gasteiger partial charge in [0.25, 0.3) is 5.89 Å². The third-order valence-electron chi connectivity index (χ3n) is 5.64. The molecule has 0 atom stereocenters. The van der Waals surface area contributed by atoms with Gasteiger partial charge in [0.15, 0.2) is 0 Å². The number of aromatic nitrogens is 2. The number of aryl methyl sites for hydroxylation is 2. The molecule has 1 aliphatic rings. The van der Waals surface area contributed by atoms with Crippen molar-refractivity contribution < 1.29 is 14.7 Å². The van der Waals surface area contributed by atoms with E-state index in [4.69, 9.17) is 10.3 Å². The molecule has 0 unspecified atom stereocenters. The predicted octanol–water partition coefficient (Wildman–Crippen LogP) is 2.07. The van der Waals surface area contributed by atoms with Crippen LogP contribution in [0.25, 0.3) is 22.8 Å². The summed E-state index contributed by atoms with van der Waals surface area (Å²) in [4.78, 5) is 6.67. The van der Waals surface area contributed by atoms with Gasteiger partial charge in [-0.3, -0.25) is 0 Å². The molecule has 0 aliphatic carbocycles. The first-order valence-electron chi connectivity index (χ1n) is 9.72. The van der Waals surface area contributed by atoms with Gasteiger partial charge in [-0.15, -0.1) is 0 Å². The number of benzene rings is 2. The molecule has 2 aromatic carbocycles. The van der Waals surface area contributed by atoms with Crippen molar-refractivity contribution in [3.8, 4) is 22.8 Å². The van der Waals surface area contributed by atoms with E-state index in [0.29, 0.717) is 18.3 Å². The summed E-state index contributed by atoms with van der Waals surface area (Å²) in [7, 11) is 0. The van der Waals surface area contributed by atoms with Crippen LogP contribution in [0.15, 0.2) is 40.9 Å². The van der Waals surface area contributed by atoms with Crippen LogP contribution in [0.4, 0.5) is 5.69 Å². The van der Waals surface area contributed by atoms with Crippen molar-refractivity contribution in [1.29, 1.82) is 0 Å². The number of anilines is 1. The monoisotopic (exact) mass is 394 g/mol. The molecule has 0 fully saturated rings. The molecule has 0 amide bonds. The van der Waals surface area contributed by atoms with Crippen molar-refractivity contribution in [1.82, 2.24) is 10.1 Å². The lowest BCUT2D eigenvalue weighted by atomic mass is 10.0. The van der Waals surface area contributed by atoms with Gasteiger partial charge < -0.3 is 25.4 Å². The Morgan fingerprint density at radius 3 is 2.55 bits per heavy atom. The van der Waals surface area contributed by atoms with E-state index in [1.54, 1.807) is 0 Å². The molecule has 152 valence electrons. The van der Waals surface area contributed by atoms with Crippen LogP contribution in [-0.2, 0) is 6.42 Å². The number of aliphatic hydroxyl groups excluding tert-OH is 2. The van der Waals surface area contributed by atoms with E-state index in [1.165, 1.54) is 16.7 Å². The van der Waals surface area contributed by atoms with Crippen LogP contribution < -0.4 is 10.6 Å². The van der Waals surface area contributed by atoms with E-state index in [-0.39, 0.29) is 13.2 Å². The molecule has 7 nitrogen and oxygen atoms in total. The van der Waals surface area contributed by atoms with E-state index < -0.39 is 5.54 Å². The maximum absolute atomic E-state index is 9.48. The molecular weight excluding hydrogens is 368 g/mol. The van der Waals surface area contributed by atoms with Gasteiger partial charge in [-0.05, 0) is 67.3 Å². The fourth-order valence-electron chi connectivity index (χ4n) is 3.64. The average Bonchev–Trinajstić information content (AvgIpc) is 3.37. The molecule has 0 saturated carbocycles. The summed E-state index contributed by atoms with van der Waals surface area (Å²) in [5.74, 6) is 1.06. The Hall–Kier alpha value is -2.74. The highest BCUT2D eigenvalue weighted by Crippen LogP contribution is 2.33. The van der Waals surface area contributed by atoms with Gasteiger partial charge >= 0.3 is 0 Å². The minimum Gasteiger partial charge on any atom is -0.394 e. The lowest BCUT2D eigenvalue weighted by molar-refractivity contribution is 0.125. The van der Waals surface area contributed by atoms with E-state index in [9.17, 15) is 10.2 Å². The molecule has 1 aliphatic heterocycles. The zero-order valence-electron chi connectivity index (χ0n) is 16.7. The van der Waals surface area contributed by atoms with Crippen molar-refractivity contribution in [2.45, 2.75) is 25.8 Å². The Morgan fingerprint density at radius 2 is 1.83 bits per heavy atom. The topological polar surface area (TPSA) is 109 Å². The number of hydrogen-bond donors (Lipinski definition) is 3. The Bertz CT molecular complexity index is 1030. The summed E-state index contributed by atoms with van der Waals surface area (Å²) in [6, 6.07) is 12.1. The number of aliphatic hydroxyl groups is 2. The quantitative estimate of drug-likeness (QED) is 0.587. The number of nitrogens with two attached hydrogens (primary N) is 1. The Kier molecular flexibility index (Phi) is 5.12. The highest BCUT2D eigenvalue weighted by atomic mass is 16.5. The Morgan fingerprint density at radius 1 is 1.07 bits per heavy atom. The van der Waals surface area contributed by atoms with E-state index in [1.807, 2.05) is 18.2 Å². The van der Waals surface area contributed by atoms with Crippen molar-refractivity contribution in [3.05, 3.63) is 53.1 Å². The summed E-state index contributed by atoms with van der Waals surface area (Å²) in [6.07, 6.45) is 0.859. The fraction of sp³-hybridized carbons (Fsp3) is 0.364. The van der Waals surface area contributed by atoms with Gasteiger partial charge in [0.05, 0.1) is 18.8 Å².